The van der Waals surface area contributed by atoms with Gasteiger partial charge in [-0.2, -0.15) is 0 Å². The Labute approximate surface area is 83.0 Å². The first-order chi connectivity index (χ1) is 3.72. The van der Waals surface area contributed by atoms with Crippen molar-refractivity contribution in [3.63, 3.8) is 0 Å². The molecule has 7 heteroatoms. The van der Waals surface area contributed by atoms with Crippen molar-refractivity contribution in [2.75, 3.05) is 0 Å². The molecule has 0 aliphatic carbocycles. The van der Waals surface area contributed by atoms with Gasteiger partial charge in [0.1, 0.15) is 23.7 Å². The van der Waals surface area contributed by atoms with Crippen molar-refractivity contribution in [1.29, 1.82) is 0 Å². The van der Waals surface area contributed by atoms with E-state index in [-0.39, 0.29) is 29.6 Å². The Kier molecular flexibility index (Phi) is 9.01. The van der Waals surface area contributed by atoms with E-state index in [2.05, 4.69) is 32.3 Å². The summed E-state index contributed by atoms with van der Waals surface area (Å²) in [5, 5.41) is 0. The van der Waals surface area contributed by atoms with Crippen LogP contribution in [-0.2, 0) is 18.2 Å². The van der Waals surface area contributed by atoms with Crippen molar-refractivity contribution in [3.05, 3.63) is 0 Å². The second kappa shape index (κ2) is 6.64. The van der Waals surface area contributed by atoms with Gasteiger partial charge in [0.2, 0.25) is 0 Å². The van der Waals surface area contributed by atoms with Gasteiger partial charge in [-0.15, -0.1) is 0 Å². The maximum atomic E-state index is 9.83. The third-order valence-corrected chi connectivity index (χ3v) is 0.587. The zero-order valence-corrected chi connectivity index (χ0v) is 4.90. The molecule has 0 spiro atoms. The quantitative estimate of drug-likeness (QED) is 0.383. The van der Waals surface area contributed by atoms with Crippen molar-refractivity contribution < 1.29 is 18.2 Å². The van der Waals surface area contributed by atoms with Crippen LogP contribution in [0.4, 0.5) is 0 Å². The van der Waals surface area contributed by atoms with Gasteiger partial charge >= 0.3 is 41.5 Å². The molecule has 4 nitrogen and oxygen atoms in total. The Balaban J connectivity index is 0. The van der Waals surface area contributed by atoms with Gasteiger partial charge in [0.25, 0.3) is 0 Å². The average Bonchev–Trinajstić information content (AvgIpc) is 1.84. The van der Waals surface area contributed by atoms with Crippen LogP contribution in [0.15, 0.2) is 0 Å². The van der Waals surface area contributed by atoms with Crippen molar-refractivity contribution in [2.45, 2.75) is 0 Å². The summed E-state index contributed by atoms with van der Waals surface area (Å²) in [4.78, 5) is 19.7. The molecule has 0 aromatic rings. The van der Waals surface area contributed by atoms with Crippen LogP contribution in [0.1, 0.15) is 0 Å². The Morgan fingerprint density at radius 3 is 1.33 bits per heavy atom. The van der Waals surface area contributed by atoms with Gasteiger partial charge in [-0.1, -0.05) is 0 Å². The van der Waals surface area contributed by atoms with E-state index in [1.165, 1.54) is 0 Å². The predicted octanol–water partition coefficient (Wildman–Crippen LogP) is -0.268. The third kappa shape index (κ3) is 4.99. The van der Waals surface area contributed by atoms with E-state index in [1.54, 1.807) is 0 Å². The van der Waals surface area contributed by atoms with E-state index in [4.69, 9.17) is 0 Å². The molecule has 48 valence electrons. The van der Waals surface area contributed by atoms with Gasteiger partial charge in [0.05, 0.1) is 0 Å². The molecule has 0 saturated carbocycles. The van der Waals surface area contributed by atoms with Crippen molar-refractivity contribution in [1.82, 2.24) is 0 Å². The standard InChI is InChI=1S/C2Cl2O4.Na.H/c3-7-1(5)2(6)8-4;;. The van der Waals surface area contributed by atoms with Crippen molar-refractivity contribution >= 4 is 65.2 Å². The van der Waals surface area contributed by atoms with Gasteiger partial charge in [-0.25, -0.2) is 9.59 Å². The van der Waals surface area contributed by atoms with Crippen molar-refractivity contribution in [2.24, 2.45) is 0 Å². The molecule has 0 N–H and O–H groups in total. The van der Waals surface area contributed by atoms with Crippen LogP contribution in [-0.4, -0.2) is 41.5 Å². The van der Waals surface area contributed by atoms with E-state index in [9.17, 15) is 9.59 Å². The molecule has 0 rings (SSSR count). The molecule has 0 aliphatic heterocycles. The molecule has 0 aromatic heterocycles. The number of carbonyl (C=O) groups is 2. The monoisotopic (exact) mass is 182 g/mol. The minimum atomic E-state index is -1.35. The molecule has 0 radical (unpaired) electrons. The van der Waals surface area contributed by atoms with E-state index in [0.29, 0.717) is 0 Å². The molecular formula is C2HCl2NaO4. The minimum absolute atomic E-state index is 0. The summed E-state index contributed by atoms with van der Waals surface area (Å²) >= 11 is 8.83. The Morgan fingerprint density at radius 2 is 1.22 bits per heavy atom. The van der Waals surface area contributed by atoms with E-state index < -0.39 is 11.9 Å². The molecule has 0 bridgehead atoms. The number of carbonyl (C=O) groups excluding carboxylic acids is 2. The molecule has 0 aromatic carbocycles. The molecular weight excluding hydrogens is 182 g/mol. The van der Waals surface area contributed by atoms with E-state index >= 15 is 0 Å². The Bertz CT molecular complexity index is 101. The third-order valence-electron chi connectivity index (χ3n) is 0.307. The fourth-order valence-electron chi connectivity index (χ4n) is 0.0630. The summed E-state index contributed by atoms with van der Waals surface area (Å²) in [5.41, 5.74) is 0. The fourth-order valence-corrected chi connectivity index (χ4v) is 0.189. The van der Waals surface area contributed by atoms with Gasteiger partial charge < -0.3 is 8.58 Å². The number of halogens is 2. The second-order valence-corrected chi connectivity index (χ2v) is 1.04. The van der Waals surface area contributed by atoms with Crippen LogP contribution in [0.2, 0.25) is 0 Å². The molecule has 0 heterocycles. The van der Waals surface area contributed by atoms with Crippen LogP contribution in [0, 0.1) is 0 Å². The topological polar surface area (TPSA) is 52.6 Å². The first-order valence-corrected chi connectivity index (χ1v) is 1.99. The van der Waals surface area contributed by atoms with Crippen molar-refractivity contribution in [3.8, 4) is 0 Å². The molecule has 0 aliphatic rings. The van der Waals surface area contributed by atoms with E-state index in [0.717, 1.165) is 0 Å². The van der Waals surface area contributed by atoms with Crippen LogP contribution in [0.25, 0.3) is 0 Å². The zero-order chi connectivity index (χ0) is 6.57. The summed E-state index contributed by atoms with van der Waals surface area (Å²) in [7, 11) is 0. The molecule has 0 atom stereocenters. The van der Waals surface area contributed by atoms with Crippen LogP contribution >= 0.6 is 23.7 Å². The van der Waals surface area contributed by atoms with Crippen LogP contribution in [0.3, 0.4) is 0 Å². The number of rotatable bonds is 0. The summed E-state index contributed by atoms with van der Waals surface area (Å²) < 4.78 is 6.75. The van der Waals surface area contributed by atoms with Gasteiger partial charge in [-0.05, 0) is 0 Å². The predicted molar refractivity (Wildman–Crippen MR) is 31.0 cm³/mol. The molecule has 0 saturated heterocycles. The molecule has 0 unspecified atom stereocenters. The van der Waals surface area contributed by atoms with Crippen LogP contribution < -0.4 is 0 Å². The average molecular weight is 183 g/mol. The summed E-state index contributed by atoms with van der Waals surface area (Å²) in [6.45, 7) is 0. The molecule has 0 fully saturated rings. The second-order valence-electron chi connectivity index (χ2n) is 0.729. The van der Waals surface area contributed by atoms with E-state index in [1.807, 2.05) is 0 Å². The number of hydrogen-bond donors (Lipinski definition) is 0. The fraction of sp³-hybridized carbons (Fsp3) is 0. The number of hydrogen-bond acceptors (Lipinski definition) is 4. The summed E-state index contributed by atoms with van der Waals surface area (Å²) in [6, 6.07) is 0. The Hall–Kier alpha value is 0.520. The van der Waals surface area contributed by atoms with Gasteiger partial charge in [0, 0.05) is 0 Å². The molecule has 0 amide bonds. The molecule has 9 heavy (non-hydrogen) atoms. The van der Waals surface area contributed by atoms with Gasteiger partial charge in [0.15, 0.2) is 0 Å². The summed E-state index contributed by atoms with van der Waals surface area (Å²) in [6.07, 6.45) is 0. The van der Waals surface area contributed by atoms with Crippen LogP contribution in [0.5, 0.6) is 0 Å². The maximum absolute atomic E-state index is 9.83. The normalized spacial score (nSPS) is 6.89. The van der Waals surface area contributed by atoms with Gasteiger partial charge in [-0.3, -0.25) is 0 Å². The summed E-state index contributed by atoms with van der Waals surface area (Å²) in [5.74, 6) is -2.69. The SMILES string of the molecule is O=C(OCl)C(=O)OCl.[NaH]. The Morgan fingerprint density at radius 1 is 1.00 bits per heavy atom. The zero-order valence-electron chi connectivity index (χ0n) is 3.39. The first-order valence-electron chi connectivity index (χ1n) is 1.38. The first kappa shape index (κ1) is 12.2.